The number of rotatable bonds is 8. The van der Waals surface area contributed by atoms with Crippen molar-refractivity contribution in [3.63, 3.8) is 0 Å². The van der Waals surface area contributed by atoms with E-state index in [1.54, 1.807) is 0 Å². The highest BCUT2D eigenvalue weighted by molar-refractivity contribution is 6.17. The van der Waals surface area contributed by atoms with Crippen LogP contribution < -0.4 is 5.32 Å². The summed E-state index contributed by atoms with van der Waals surface area (Å²) in [5, 5.41) is 3.09. The Morgan fingerprint density at radius 2 is 1.90 bits per heavy atom. The van der Waals surface area contributed by atoms with Crippen LogP contribution in [-0.4, -0.2) is 18.3 Å². The molecule has 0 aliphatic heterocycles. The van der Waals surface area contributed by atoms with Crippen LogP contribution in [0.5, 0.6) is 0 Å². The lowest BCUT2D eigenvalue weighted by Crippen LogP contribution is -2.42. The lowest BCUT2D eigenvalue weighted by molar-refractivity contribution is -0.125. The predicted octanol–water partition coefficient (Wildman–Crippen LogP) is 4.13. The van der Waals surface area contributed by atoms with E-state index in [2.05, 4.69) is 12.2 Å². The van der Waals surface area contributed by atoms with Crippen LogP contribution >= 0.6 is 11.6 Å². The average molecular weight is 296 g/mol. The number of halogens is 1. The van der Waals surface area contributed by atoms with Crippen LogP contribution in [0.1, 0.15) is 45.6 Å². The van der Waals surface area contributed by atoms with Gasteiger partial charge in [-0.3, -0.25) is 4.79 Å². The molecule has 0 bridgehead atoms. The summed E-state index contributed by atoms with van der Waals surface area (Å²) in [6.07, 6.45) is 3.19. The quantitative estimate of drug-likeness (QED) is 0.718. The van der Waals surface area contributed by atoms with Crippen LogP contribution in [0.25, 0.3) is 0 Å². The predicted molar refractivity (Wildman–Crippen MR) is 86.2 cm³/mol. The fourth-order valence-corrected chi connectivity index (χ4v) is 2.66. The smallest absolute Gasteiger partial charge is 0.230 e. The van der Waals surface area contributed by atoms with Crippen molar-refractivity contribution in [2.75, 3.05) is 12.4 Å². The van der Waals surface area contributed by atoms with Crippen LogP contribution in [0.3, 0.4) is 0 Å². The molecule has 112 valence electrons. The van der Waals surface area contributed by atoms with Gasteiger partial charge < -0.3 is 5.32 Å². The second kappa shape index (κ2) is 8.31. The monoisotopic (exact) mass is 295 g/mol. The summed E-state index contributed by atoms with van der Waals surface area (Å²) in [6.45, 7) is 6.81. The number of alkyl halides is 1. The normalized spacial score (nSPS) is 13.0. The van der Waals surface area contributed by atoms with Crippen molar-refractivity contribution < 1.29 is 4.79 Å². The molecule has 0 aliphatic rings. The van der Waals surface area contributed by atoms with Crippen LogP contribution in [-0.2, 0) is 10.2 Å². The highest BCUT2D eigenvalue weighted by atomic mass is 35.5. The number of hydrogen-bond donors (Lipinski definition) is 1. The van der Waals surface area contributed by atoms with Crippen molar-refractivity contribution in [2.45, 2.75) is 45.4 Å². The third kappa shape index (κ3) is 4.82. The number of benzene rings is 1. The molecule has 0 aliphatic carbocycles. The summed E-state index contributed by atoms with van der Waals surface area (Å²) >= 11 is 5.82. The second-order valence-corrected chi connectivity index (χ2v) is 6.21. The Labute approximate surface area is 127 Å². The van der Waals surface area contributed by atoms with Crippen LogP contribution in [0.4, 0.5) is 0 Å². The van der Waals surface area contributed by atoms with Crippen LogP contribution in [0.15, 0.2) is 30.3 Å². The zero-order valence-electron chi connectivity index (χ0n) is 12.8. The molecule has 0 heterocycles. The summed E-state index contributed by atoms with van der Waals surface area (Å²) in [5.41, 5.74) is 0.542. The van der Waals surface area contributed by atoms with Gasteiger partial charge in [0.1, 0.15) is 0 Å². The maximum atomic E-state index is 12.4. The second-order valence-electron chi connectivity index (χ2n) is 5.83. The minimum Gasteiger partial charge on any atom is -0.355 e. The van der Waals surface area contributed by atoms with Gasteiger partial charge in [-0.25, -0.2) is 0 Å². The Kier molecular flexibility index (Phi) is 7.08. The van der Waals surface area contributed by atoms with Crippen molar-refractivity contribution in [2.24, 2.45) is 5.92 Å². The number of carbonyl (C=O) groups excluding carboxylic acids is 1. The van der Waals surface area contributed by atoms with Gasteiger partial charge in [-0.2, -0.15) is 0 Å². The largest absolute Gasteiger partial charge is 0.355 e. The first kappa shape index (κ1) is 17.0. The number of carbonyl (C=O) groups is 1. The molecule has 0 fully saturated rings. The third-order valence-electron chi connectivity index (χ3n) is 3.83. The third-order valence-corrected chi connectivity index (χ3v) is 4.05. The van der Waals surface area contributed by atoms with Gasteiger partial charge in [0.25, 0.3) is 0 Å². The molecule has 1 aromatic rings. The Bertz CT molecular complexity index is 397. The van der Waals surface area contributed by atoms with Gasteiger partial charge in [0.05, 0.1) is 5.41 Å². The maximum Gasteiger partial charge on any atom is 0.230 e. The first-order valence-corrected chi connectivity index (χ1v) is 7.95. The zero-order valence-corrected chi connectivity index (χ0v) is 13.5. The molecule has 0 saturated heterocycles. The molecule has 0 radical (unpaired) electrons. The van der Waals surface area contributed by atoms with Gasteiger partial charge in [-0.05, 0) is 38.2 Å². The van der Waals surface area contributed by atoms with E-state index < -0.39 is 5.41 Å². The Balaban J connectivity index is 2.61. The average Bonchev–Trinajstić information content (AvgIpc) is 2.45. The Hall–Kier alpha value is -1.02. The van der Waals surface area contributed by atoms with E-state index in [0.29, 0.717) is 11.8 Å². The van der Waals surface area contributed by atoms with Crippen LogP contribution in [0.2, 0.25) is 0 Å². The summed E-state index contributed by atoms with van der Waals surface area (Å²) in [5.74, 6) is 1.22. The van der Waals surface area contributed by atoms with Gasteiger partial charge in [0, 0.05) is 12.4 Å². The maximum absolute atomic E-state index is 12.4. The highest BCUT2D eigenvalue weighted by Gasteiger charge is 2.29. The van der Waals surface area contributed by atoms with Crippen molar-refractivity contribution in [1.29, 1.82) is 0 Å². The standard InChI is InChI=1S/C17H26ClNO/c1-4-8-14(11-12-18)13-19-16(20)17(2,3)15-9-6-5-7-10-15/h5-7,9-10,14H,4,8,11-13H2,1-3H3,(H,19,20). The summed E-state index contributed by atoms with van der Waals surface area (Å²) in [6, 6.07) is 9.91. The van der Waals surface area contributed by atoms with Gasteiger partial charge in [-0.15, -0.1) is 11.6 Å². The molecule has 3 heteroatoms. The molecule has 1 unspecified atom stereocenters. The lowest BCUT2D eigenvalue weighted by Gasteiger charge is -2.25. The molecule has 2 nitrogen and oxygen atoms in total. The minimum atomic E-state index is -0.501. The number of amides is 1. The molecular weight excluding hydrogens is 270 g/mol. The van der Waals surface area contributed by atoms with Crippen LogP contribution in [0, 0.1) is 5.92 Å². The first-order chi connectivity index (χ1) is 9.52. The van der Waals surface area contributed by atoms with Crippen molar-refractivity contribution in [3.05, 3.63) is 35.9 Å². The molecule has 1 aromatic carbocycles. The molecular formula is C17H26ClNO. The Morgan fingerprint density at radius 1 is 1.25 bits per heavy atom. The summed E-state index contributed by atoms with van der Waals surface area (Å²) < 4.78 is 0. The highest BCUT2D eigenvalue weighted by Crippen LogP contribution is 2.23. The SMILES string of the molecule is CCCC(CCCl)CNC(=O)C(C)(C)c1ccccc1. The van der Waals surface area contributed by atoms with E-state index in [1.807, 2.05) is 44.2 Å². The molecule has 1 atom stereocenters. The molecule has 0 aromatic heterocycles. The van der Waals surface area contributed by atoms with E-state index in [0.717, 1.165) is 31.4 Å². The lowest BCUT2D eigenvalue weighted by atomic mass is 9.83. The van der Waals surface area contributed by atoms with Gasteiger partial charge in [0.2, 0.25) is 5.91 Å². The molecule has 1 amide bonds. The van der Waals surface area contributed by atoms with Crippen molar-refractivity contribution in [1.82, 2.24) is 5.32 Å². The molecule has 20 heavy (non-hydrogen) atoms. The van der Waals surface area contributed by atoms with Crippen molar-refractivity contribution >= 4 is 17.5 Å². The van der Waals surface area contributed by atoms with E-state index in [-0.39, 0.29) is 5.91 Å². The fraction of sp³-hybridized carbons (Fsp3) is 0.588. The van der Waals surface area contributed by atoms with E-state index in [1.165, 1.54) is 0 Å². The topological polar surface area (TPSA) is 29.1 Å². The number of nitrogens with one attached hydrogen (secondary N) is 1. The van der Waals surface area contributed by atoms with Gasteiger partial charge in [0.15, 0.2) is 0 Å². The Morgan fingerprint density at radius 3 is 2.45 bits per heavy atom. The molecule has 0 saturated carbocycles. The summed E-state index contributed by atoms with van der Waals surface area (Å²) in [7, 11) is 0. The minimum absolute atomic E-state index is 0.0828. The van der Waals surface area contributed by atoms with E-state index >= 15 is 0 Å². The van der Waals surface area contributed by atoms with Gasteiger partial charge in [-0.1, -0.05) is 43.7 Å². The van der Waals surface area contributed by atoms with Gasteiger partial charge >= 0.3 is 0 Å². The van der Waals surface area contributed by atoms with Crippen molar-refractivity contribution in [3.8, 4) is 0 Å². The molecule has 1 N–H and O–H groups in total. The summed E-state index contributed by atoms with van der Waals surface area (Å²) in [4.78, 5) is 12.4. The van der Waals surface area contributed by atoms with E-state index in [4.69, 9.17) is 11.6 Å². The van der Waals surface area contributed by atoms with E-state index in [9.17, 15) is 4.79 Å². The zero-order chi connectivity index (χ0) is 15.0. The first-order valence-electron chi connectivity index (χ1n) is 7.42. The fourth-order valence-electron chi connectivity index (χ4n) is 2.35. The molecule has 1 rings (SSSR count). The number of hydrogen-bond acceptors (Lipinski definition) is 1. The molecule has 0 spiro atoms.